The third kappa shape index (κ3) is 5.03. The van der Waals surface area contributed by atoms with Crippen molar-refractivity contribution >= 4 is 35.1 Å². The standard InChI is InChI=1S/C15H11ClFN3O4/c16-13-7-11(17)4-5-14(13)19-15(21)9-24-18-8-10-2-1-3-12(6-10)20(22)23/h1-8H,9H2,(H,19,21)/b18-8-. The zero-order valence-corrected chi connectivity index (χ0v) is 12.9. The highest BCUT2D eigenvalue weighted by molar-refractivity contribution is 6.33. The van der Waals surface area contributed by atoms with Crippen LogP contribution in [-0.4, -0.2) is 23.7 Å². The average Bonchev–Trinajstić information content (AvgIpc) is 2.54. The van der Waals surface area contributed by atoms with Gasteiger partial charge in [-0.3, -0.25) is 14.9 Å². The quantitative estimate of drug-likeness (QED) is 0.490. The first kappa shape index (κ1) is 17.4. The molecular formula is C15H11ClFN3O4. The number of hydrogen-bond donors (Lipinski definition) is 1. The van der Waals surface area contributed by atoms with Crippen LogP contribution in [0, 0.1) is 15.9 Å². The molecule has 0 fully saturated rings. The molecule has 0 spiro atoms. The smallest absolute Gasteiger partial charge is 0.270 e. The SMILES string of the molecule is O=C(CO/N=C\c1cccc([N+](=O)[O-])c1)Nc1ccc(F)cc1Cl. The summed E-state index contributed by atoms with van der Waals surface area (Å²) in [6.45, 7) is -0.404. The molecule has 0 unspecified atom stereocenters. The molecule has 1 N–H and O–H groups in total. The van der Waals surface area contributed by atoms with Gasteiger partial charge in [0.05, 0.1) is 21.8 Å². The molecule has 0 aliphatic rings. The zero-order valence-electron chi connectivity index (χ0n) is 12.1. The molecule has 2 aromatic carbocycles. The Bertz CT molecular complexity index is 798. The number of halogens is 2. The van der Waals surface area contributed by atoms with Crippen molar-refractivity contribution in [1.29, 1.82) is 0 Å². The molecule has 9 heteroatoms. The van der Waals surface area contributed by atoms with Crippen molar-refractivity contribution in [3.63, 3.8) is 0 Å². The number of nitrogens with one attached hydrogen (secondary N) is 1. The number of anilines is 1. The molecule has 7 nitrogen and oxygen atoms in total. The van der Waals surface area contributed by atoms with E-state index in [4.69, 9.17) is 16.4 Å². The number of carbonyl (C=O) groups excluding carboxylic acids is 1. The molecule has 2 aromatic rings. The van der Waals surface area contributed by atoms with E-state index in [-0.39, 0.29) is 16.4 Å². The molecule has 0 heterocycles. The van der Waals surface area contributed by atoms with Gasteiger partial charge in [-0.2, -0.15) is 0 Å². The number of carbonyl (C=O) groups is 1. The van der Waals surface area contributed by atoms with Crippen LogP contribution >= 0.6 is 11.6 Å². The molecule has 0 atom stereocenters. The second kappa shape index (κ2) is 8.02. The summed E-state index contributed by atoms with van der Waals surface area (Å²) in [5.74, 6) is -1.06. The highest BCUT2D eigenvalue weighted by Gasteiger charge is 2.07. The van der Waals surface area contributed by atoms with Crippen molar-refractivity contribution in [2.24, 2.45) is 5.16 Å². The first-order valence-corrected chi connectivity index (χ1v) is 6.98. The Hall–Kier alpha value is -3.00. The Morgan fingerprint density at radius 1 is 1.38 bits per heavy atom. The third-order valence-electron chi connectivity index (χ3n) is 2.76. The van der Waals surface area contributed by atoms with E-state index in [0.717, 1.165) is 12.1 Å². The Morgan fingerprint density at radius 3 is 2.88 bits per heavy atom. The monoisotopic (exact) mass is 351 g/mol. The van der Waals surface area contributed by atoms with Crippen LogP contribution in [0.5, 0.6) is 0 Å². The van der Waals surface area contributed by atoms with Gasteiger partial charge in [0.2, 0.25) is 0 Å². The van der Waals surface area contributed by atoms with Crippen molar-refractivity contribution in [1.82, 2.24) is 0 Å². The first-order valence-electron chi connectivity index (χ1n) is 6.60. The minimum Gasteiger partial charge on any atom is -0.386 e. The summed E-state index contributed by atoms with van der Waals surface area (Å²) >= 11 is 5.78. The lowest BCUT2D eigenvalue weighted by atomic mass is 10.2. The van der Waals surface area contributed by atoms with Crippen LogP contribution in [0.25, 0.3) is 0 Å². The number of nitro groups is 1. The summed E-state index contributed by atoms with van der Waals surface area (Å²) in [5.41, 5.74) is 0.614. The normalized spacial score (nSPS) is 10.6. The van der Waals surface area contributed by atoms with Crippen molar-refractivity contribution < 1.29 is 18.9 Å². The number of benzene rings is 2. The Morgan fingerprint density at radius 2 is 2.17 bits per heavy atom. The van der Waals surface area contributed by atoms with E-state index in [9.17, 15) is 19.3 Å². The largest absolute Gasteiger partial charge is 0.386 e. The maximum Gasteiger partial charge on any atom is 0.270 e. The summed E-state index contributed by atoms with van der Waals surface area (Å²) in [7, 11) is 0. The Labute approximate surface area is 140 Å². The van der Waals surface area contributed by atoms with E-state index in [1.54, 1.807) is 6.07 Å². The number of nitrogens with zero attached hydrogens (tertiary/aromatic N) is 2. The number of non-ortho nitro benzene ring substituents is 1. The highest BCUT2D eigenvalue weighted by atomic mass is 35.5. The molecule has 0 saturated carbocycles. The van der Waals surface area contributed by atoms with Crippen LogP contribution in [0.2, 0.25) is 5.02 Å². The van der Waals surface area contributed by atoms with Crippen LogP contribution < -0.4 is 5.32 Å². The van der Waals surface area contributed by atoms with Crippen molar-refractivity contribution in [3.05, 3.63) is 69.0 Å². The Balaban J connectivity index is 1.86. The van der Waals surface area contributed by atoms with E-state index in [0.29, 0.717) is 5.56 Å². The first-order chi connectivity index (χ1) is 11.5. The maximum absolute atomic E-state index is 12.9. The van der Waals surface area contributed by atoms with Gasteiger partial charge in [-0.05, 0) is 18.2 Å². The molecule has 124 valence electrons. The topological polar surface area (TPSA) is 93.8 Å². The fourth-order valence-corrected chi connectivity index (χ4v) is 1.90. The summed E-state index contributed by atoms with van der Waals surface area (Å²) in [6.07, 6.45) is 1.24. The predicted molar refractivity (Wildman–Crippen MR) is 86.7 cm³/mol. The van der Waals surface area contributed by atoms with Crippen LogP contribution in [0.15, 0.2) is 47.6 Å². The predicted octanol–water partition coefficient (Wildman–Crippen LogP) is 3.38. The highest BCUT2D eigenvalue weighted by Crippen LogP contribution is 2.22. The average molecular weight is 352 g/mol. The number of oxime groups is 1. The summed E-state index contributed by atoms with van der Waals surface area (Å²) in [5, 5.41) is 16.7. The van der Waals surface area contributed by atoms with Gasteiger partial charge in [0.1, 0.15) is 5.82 Å². The number of amides is 1. The van der Waals surface area contributed by atoms with E-state index < -0.39 is 23.3 Å². The molecule has 1 amide bonds. The third-order valence-corrected chi connectivity index (χ3v) is 3.07. The fraction of sp³-hybridized carbons (Fsp3) is 0.0667. The van der Waals surface area contributed by atoms with Crippen molar-refractivity contribution in [2.45, 2.75) is 0 Å². The van der Waals surface area contributed by atoms with E-state index in [1.165, 1.54) is 30.5 Å². The minimum atomic E-state index is -0.542. The lowest BCUT2D eigenvalue weighted by Crippen LogP contribution is -2.17. The number of rotatable bonds is 6. The van der Waals surface area contributed by atoms with Gasteiger partial charge < -0.3 is 10.2 Å². The van der Waals surface area contributed by atoms with Gasteiger partial charge >= 0.3 is 0 Å². The minimum absolute atomic E-state index is 0.0587. The van der Waals surface area contributed by atoms with Crippen molar-refractivity contribution in [3.8, 4) is 0 Å². The number of nitro benzene ring substituents is 1. The second-order valence-electron chi connectivity index (χ2n) is 4.53. The molecule has 0 aromatic heterocycles. The molecular weight excluding hydrogens is 341 g/mol. The molecule has 2 rings (SSSR count). The zero-order chi connectivity index (χ0) is 17.5. The molecule has 0 aliphatic heterocycles. The van der Waals surface area contributed by atoms with Gasteiger partial charge in [-0.1, -0.05) is 28.9 Å². The number of hydrogen-bond acceptors (Lipinski definition) is 5. The van der Waals surface area contributed by atoms with Gasteiger partial charge in [0.15, 0.2) is 6.61 Å². The van der Waals surface area contributed by atoms with Gasteiger partial charge in [0.25, 0.3) is 11.6 Å². The van der Waals surface area contributed by atoms with Crippen LogP contribution in [0.3, 0.4) is 0 Å². The van der Waals surface area contributed by atoms with E-state index in [1.807, 2.05) is 0 Å². The molecule has 0 saturated heterocycles. The van der Waals surface area contributed by atoms with Gasteiger partial charge in [-0.25, -0.2) is 4.39 Å². The lowest BCUT2D eigenvalue weighted by Gasteiger charge is -2.06. The summed E-state index contributed by atoms with van der Waals surface area (Å²) < 4.78 is 12.9. The van der Waals surface area contributed by atoms with Gasteiger partial charge in [-0.15, -0.1) is 0 Å². The van der Waals surface area contributed by atoms with E-state index in [2.05, 4.69) is 10.5 Å². The van der Waals surface area contributed by atoms with E-state index >= 15 is 0 Å². The van der Waals surface area contributed by atoms with Crippen LogP contribution in [0.4, 0.5) is 15.8 Å². The van der Waals surface area contributed by atoms with Crippen LogP contribution in [0.1, 0.15) is 5.56 Å². The fourth-order valence-electron chi connectivity index (χ4n) is 1.69. The van der Waals surface area contributed by atoms with Crippen molar-refractivity contribution in [2.75, 3.05) is 11.9 Å². The van der Waals surface area contributed by atoms with Crippen LogP contribution in [-0.2, 0) is 9.63 Å². The maximum atomic E-state index is 12.9. The molecule has 24 heavy (non-hydrogen) atoms. The molecule has 0 aliphatic carbocycles. The van der Waals surface area contributed by atoms with Gasteiger partial charge in [0, 0.05) is 17.7 Å². The summed E-state index contributed by atoms with van der Waals surface area (Å²) in [4.78, 5) is 26.6. The second-order valence-corrected chi connectivity index (χ2v) is 4.94. The summed E-state index contributed by atoms with van der Waals surface area (Å²) in [6, 6.07) is 9.30. The Kier molecular flexibility index (Phi) is 5.80. The lowest BCUT2D eigenvalue weighted by molar-refractivity contribution is -0.384. The molecule has 0 bridgehead atoms. The molecule has 0 radical (unpaired) electrons.